The van der Waals surface area contributed by atoms with Crippen LogP contribution in [-0.4, -0.2) is 11.3 Å². The fourth-order valence-electron chi connectivity index (χ4n) is 1.53. The average Bonchev–Trinajstić information content (AvgIpc) is 2.16. The lowest BCUT2D eigenvalue weighted by Crippen LogP contribution is -2.29. The first-order valence-corrected chi connectivity index (χ1v) is 5.54. The van der Waals surface area contributed by atoms with Gasteiger partial charge >= 0.3 is 0 Å². The summed E-state index contributed by atoms with van der Waals surface area (Å²) in [7, 11) is 0. The topological polar surface area (TPSA) is 12.0 Å². The molecule has 0 spiro atoms. The van der Waals surface area contributed by atoms with Crippen molar-refractivity contribution < 1.29 is 4.39 Å². The standard InChI is InChI=1S/C11H14FNS/c1-11(2)7-13-9-5-8(6-12)3-4-10(9)14-11/h3-5,13H,6-7H2,1-2H3. The minimum atomic E-state index is -0.386. The Hall–Kier alpha value is -0.700. The van der Waals surface area contributed by atoms with Crippen LogP contribution >= 0.6 is 11.8 Å². The van der Waals surface area contributed by atoms with E-state index in [9.17, 15) is 4.39 Å². The number of fused-ring (bicyclic) bond motifs is 1. The molecular weight excluding hydrogens is 197 g/mol. The van der Waals surface area contributed by atoms with Gasteiger partial charge < -0.3 is 5.32 Å². The Labute approximate surface area is 88.1 Å². The molecule has 2 rings (SSSR count). The normalized spacial score (nSPS) is 18.5. The van der Waals surface area contributed by atoms with Crippen LogP contribution < -0.4 is 5.32 Å². The fourth-order valence-corrected chi connectivity index (χ4v) is 2.65. The second-order valence-corrected chi connectivity index (χ2v) is 5.93. The quantitative estimate of drug-likeness (QED) is 0.763. The molecule has 0 unspecified atom stereocenters. The van der Waals surface area contributed by atoms with Crippen molar-refractivity contribution in [2.45, 2.75) is 30.2 Å². The van der Waals surface area contributed by atoms with Gasteiger partial charge in [-0.2, -0.15) is 0 Å². The molecule has 76 valence electrons. The number of alkyl halides is 1. The van der Waals surface area contributed by atoms with Gasteiger partial charge in [-0.25, -0.2) is 4.39 Å². The van der Waals surface area contributed by atoms with Gasteiger partial charge in [0.2, 0.25) is 0 Å². The molecule has 0 aliphatic carbocycles. The molecule has 1 N–H and O–H groups in total. The van der Waals surface area contributed by atoms with Crippen molar-refractivity contribution in [3.05, 3.63) is 23.8 Å². The van der Waals surface area contributed by atoms with E-state index >= 15 is 0 Å². The van der Waals surface area contributed by atoms with Crippen LogP contribution in [0.25, 0.3) is 0 Å². The summed E-state index contributed by atoms with van der Waals surface area (Å²) < 4.78 is 12.6. The van der Waals surface area contributed by atoms with Crippen LogP contribution in [0, 0.1) is 0 Å². The number of thioether (sulfide) groups is 1. The van der Waals surface area contributed by atoms with E-state index in [-0.39, 0.29) is 11.4 Å². The van der Waals surface area contributed by atoms with E-state index in [1.807, 2.05) is 30.0 Å². The largest absolute Gasteiger partial charge is 0.383 e. The molecule has 1 aromatic carbocycles. The molecule has 14 heavy (non-hydrogen) atoms. The third kappa shape index (κ3) is 1.87. The molecular formula is C11H14FNS. The molecule has 1 aliphatic heterocycles. The Bertz CT molecular complexity index is 349. The molecule has 0 saturated heterocycles. The summed E-state index contributed by atoms with van der Waals surface area (Å²) in [6.45, 7) is 4.96. The van der Waals surface area contributed by atoms with Crippen molar-refractivity contribution in [2.24, 2.45) is 0 Å². The van der Waals surface area contributed by atoms with Crippen LogP contribution in [0.2, 0.25) is 0 Å². The SMILES string of the molecule is CC1(C)CNc2cc(CF)ccc2S1. The van der Waals surface area contributed by atoms with Crippen LogP contribution in [0.4, 0.5) is 10.1 Å². The van der Waals surface area contributed by atoms with Gasteiger partial charge in [0, 0.05) is 21.9 Å². The van der Waals surface area contributed by atoms with Crippen molar-refractivity contribution in [2.75, 3.05) is 11.9 Å². The van der Waals surface area contributed by atoms with Crippen molar-refractivity contribution in [1.29, 1.82) is 0 Å². The molecule has 1 heterocycles. The Balaban J connectivity index is 2.32. The third-order valence-electron chi connectivity index (χ3n) is 2.29. The zero-order valence-electron chi connectivity index (χ0n) is 8.43. The van der Waals surface area contributed by atoms with E-state index in [0.29, 0.717) is 0 Å². The van der Waals surface area contributed by atoms with E-state index in [2.05, 4.69) is 19.2 Å². The third-order valence-corrected chi connectivity index (χ3v) is 3.56. The number of hydrogen-bond donors (Lipinski definition) is 1. The highest BCUT2D eigenvalue weighted by Crippen LogP contribution is 2.41. The summed E-state index contributed by atoms with van der Waals surface area (Å²) in [6, 6.07) is 5.76. The average molecular weight is 211 g/mol. The molecule has 0 atom stereocenters. The van der Waals surface area contributed by atoms with Crippen molar-refractivity contribution in [1.82, 2.24) is 0 Å². The summed E-state index contributed by atoms with van der Waals surface area (Å²) in [5, 5.41) is 3.34. The lowest BCUT2D eigenvalue weighted by molar-refractivity contribution is 0.485. The second-order valence-electron chi connectivity index (χ2n) is 4.18. The van der Waals surface area contributed by atoms with Gasteiger partial charge in [-0.15, -0.1) is 11.8 Å². The molecule has 0 amide bonds. The smallest absolute Gasteiger partial charge is 0.115 e. The van der Waals surface area contributed by atoms with Crippen LogP contribution in [0.5, 0.6) is 0 Å². The number of halogens is 1. The molecule has 0 bridgehead atoms. The first-order valence-electron chi connectivity index (χ1n) is 4.72. The number of benzene rings is 1. The van der Waals surface area contributed by atoms with Gasteiger partial charge in [-0.3, -0.25) is 0 Å². The summed E-state index contributed by atoms with van der Waals surface area (Å²) in [5.74, 6) is 0. The highest BCUT2D eigenvalue weighted by atomic mass is 32.2. The molecule has 1 aliphatic rings. The molecule has 0 radical (unpaired) electrons. The predicted molar refractivity (Wildman–Crippen MR) is 59.7 cm³/mol. The summed E-state index contributed by atoms with van der Waals surface area (Å²) >= 11 is 1.85. The lowest BCUT2D eigenvalue weighted by Gasteiger charge is -2.31. The highest BCUT2D eigenvalue weighted by molar-refractivity contribution is 8.00. The lowest BCUT2D eigenvalue weighted by atomic mass is 10.1. The van der Waals surface area contributed by atoms with Gasteiger partial charge in [0.05, 0.1) is 0 Å². The van der Waals surface area contributed by atoms with Crippen LogP contribution in [0.3, 0.4) is 0 Å². The van der Waals surface area contributed by atoms with Crippen LogP contribution in [0.15, 0.2) is 23.1 Å². The Morgan fingerprint density at radius 3 is 3.00 bits per heavy atom. The van der Waals surface area contributed by atoms with Crippen LogP contribution in [-0.2, 0) is 6.67 Å². The summed E-state index contributed by atoms with van der Waals surface area (Å²) in [5.41, 5.74) is 1.82. The number of anilines is 1. The van der Waals surface area contributed by atoms with Gasteiger partial charge in [0.25, 0.3) is 0 Å². The maximum absolute atomic E-state index is 12.4. The molecule has 1 aromatic rings. The second kappa shape index (κ2) is 3.46. The van der Waals surface area contributed by atoms with Crippen molar-refractivity contribution in [3.63, 3.8) is 0 Å². The Kier molecular flexibility index (Phi) is 2.43. The van der Waals surface area contributed by atoms with Crippen molar-refractivity contribution >= 4 is 17.4 Å². The molecule has 0 fully saturated rings. The van der Waals surface area contributed by atoms with Crippen molar-refractivity contribution in [3.8, 4) is 0 Å². The minimum Gasteiger partial charge on any atom is -0.383 e. The van der Waals surface area contributed by atoms with E-state index in [0.717, 1.165) is 17.8 Å². The maximum atomic E-state index is 12.4. The Morgan fingerprint density at radius 2 is 2.29 bits per heavy atom. The number of rotatable bonds is 1. The molecule has 1 nitrogen and oxygen atoms in total. The Morgan fingerprint density at radius 1 is 1.50 bits per heavy atom. The predicted octanol–water partition coefficient (Wildman–Crippen LogP) is 3.45. The fraction of sp³-hybridized carbons (Fsp3) is 0.455. The maximum Gasteiger partial charge on any atom is 0.115 e. The van der Waals surface area contributed by atoms with E-state index in [4.69, 9.17) is 0 Å². The molecule has 0 aromatic heterocycles. The van der Waals surface area contributed by atoms with Crippen LogP contribution in [0.1, 0.15) is 19.4 Å². The van der Waals surface area contributed by atoms with E-state index < -0.39 is 0 Å². The monoisotopic (exact) mass is 211 g/mol. The zero-order chi connectivity index (χ0) is 10.2. The van der Waals surface area contributed by atoms with E-state index in [1.165, 1.54) is 4.90 Å². The van der Waals surface area contributed by atoms with Gasteiger partial charge in [0.1, 0.15) is 6.67 Å². The zero-order valence-corrected chi connectivity index (χ0v) is 9.25. The number of hydrogen-bond acceptors (Lipinski definition) is 2. The highest BCUT2D eigenvalue weighted by Gasteiger charge is 2.25. The molecule has 0 saturated carbocycles. The summed E-state index contributed by atoms with van der Waals surface area (Å²) in [4.78, 5) is 1.22. The van der Waals surface area contributed by atoms with Gasteiger partial charge in [0.15, 0.2) is 0 Å². The number of nitrogens with one attached hydrogen (secondary N) is 1. The van der Waals surface area contributed by atoms with E-state index in [1.54, 1.807) is 0 Å². The first-order chi connectivity index (χ1) is 6.61. The first kappa shape index (κ1) is 9.84. The van der Waals surface area contributed by atoms with Gasteiger partial charge in [-0.1, -0.05) is 6.07 Å². The van der Waals surface area contributed by atoms with Gasteiger partial charge in [-0.05, 0) is 31.5 Å². The minimum absolute atomic E-state index is 0.226. The molecule has 3 heteroatoms. The summed E-state index contributed by atoms with van der Waals surface area (Å²) in [6.07, 6.45) is 0.